The van der Waals surface area contributed by atoms with Crippen LogP contribution in [0.3, 0.4) is 0 Å². The number of benzene rings is 2. The fraction of sp³-hybridized carbons (Fsp3) is 0.360. The van der Waals surface area contributed by atoms with Gasteiger partial charge < -0.3 is 9.72 Å². The largest absolute Gasteiger partial charge is 0.383 e. The Labute approximate surface area is 197 Å². The normalized spacial score (nSPS) is 12.5. The summed E-state index contributed by atoms with van der Waals surface area (Å²) in [7, 11) is 1.63. The third kappa shape index (κ3) is 5.37. The van der Waals surface area contributed by atoms with Gasteiger partial charge in [0.05, 0.1) is 19.2 Å². The fourth-order valence-corrected chi connectivity index (χ4v) is 4.19. The Balaban J connectivity index is 1.72. The van der Waals surface area contributed by atoms with Gasteiger partial charge in [-0.1, -0.05) is 31.2 Å². The molecule has 34 heavy (non-hydrogen) atoms. The summed E-state index contributed by atoms with van der Waals surface area (Å²) in [5.74, 6) is 0.418. The van der Waals surface area contributed by atoms with Gasteiger partial charge in [-0.3, -0.25) is 9.69 Å². The van der Waals surface area contributed by atoms with Crippen LogP contribution in [0.15, 0.2) is 53.3 Å². The van der Waals surface area contributed by atoms with Crippen molar-refractivity contribution in [2.45, 2.75) is 45.9 Å². The molecule has 4 aromatic rings. The number of halogens is 1. The molecule has 0 radical (unpaired) electrons. The number of aromatic nitrogens is 5. The summed E-state index contributed by atoms with van der Waals surface area (Å²) in [4.78, 5) is 18.2. The van der Waals surface area contributed by atoms with E-state index in [9.17, 15) is 9.18 Å². The number of pyridine rings is 1. The highest BCUT2D eigenvalue weighted by molar-refractivity contribution is 5.79. The number of H-pyrrole nitrogens is 1. The van der Waals surface area contributed by atoms with Crippen LogP contribution >= 0.6 is 0 Å². The summed E-state index contributed by atoms with van der Waals surface area (Å²) in [6, 6.07) is 14.2. The molecule has 0 saturated heterocycles. The average Bonchev–Trinajstić information content (AvgIpc) is 3.28. The van der Waals surface area contributed by atoms with Gasteiger partial charge in [0.1, 0.15) is 5.82 Å². The molecule has 0 saturated carbocycles. The molecule has 0 bridgehead atoms. The van der Waals surface area contributed by atoms with Gasteiger partial charge in [-0.2, -0.15) is 0 Å². The van der Waals surface area contributed by atoms with Gasteiger partial charge in [0.15, 0.2) is 5.82 Å². The Morgan fingerprint density at radius 2 is 1.94 bits per heavy atom. The van der Waals surface area contributed by atoms with Crippen molar-refractivity contribution in [3.8, 4) is 0 Å². The molecular formula is C25H29FN6O2. The monoisotopic (exact) mass is 464 g/mol. The van der Waals surface area contributed by atoms with Crippen molar-refractivity contribution in [2.75, 3.05) is 13.7 Å². The zero-order chi connectivity index (χ0) is 24.1. The molecule has 0 amide bonds. The van der Waals surface area contributed by atoms with Crippen molar-refractivity contribution >= 4 is 10.9 Å². The van der Waals surface area contributed by atoms with E-state index < -0.39 is 0 Å². The van der Waals surface area contributed by atoms with Crippen LogP contribution in [0.4, 0.5) is 4.39 Å². The van der Waals surface area contributed by atoms with E-state index in [0.717, 1.165) is 28.5 Å². The summed E-state index contributed by atoms with van der Waals surface area (Å²) in [6.45, 7) is 5.94. The Bertz CT molecular complexity index is 1300. The number of aromatic amines is 1. The number of aryl methyl sites for hydroxylation is 1. The van der Waals surface area contributed by atoms with E-state index in [1.54, 1.807) is 23.9 Å². The van der Waals surface area contributed by atoms with Crippen molar-refractivity contribution in [2.24, 2.45) is 0 Å². The van der Waals surface area contributed by atoms with Crippen molar-refractivity contribution < 1.29 is 9.13 Å². The number of ether oxygens (including phenoxy) is 1. The molecular weight excluding hydrogens is 435 g/mol. The Hall–Kier alpha value is -3.43. The second kappa shape index (κ2) is 10.7. The summed E-state index contributed by atoms with van der Waals surface area (Å²) in [5, 5.41) is 13.3. The number of nitrogens with one attached hydrogen (secondary N) is 1. The van der Waals surface area contributed by atoms with Crippen LogP contribution in [0, 0.1) is 12.7 Å². The van der Waals surface area contributed by atoms with E-state index in [2.05, 4.69) is 32.3 Å². The summed E-state index contributed by atoms with van der Waals surface area (Å²) >= 11 is 0. The number of hydrogen-bond acceptors (Lipinski definition) is 6. The predicted octanol–water partition coefficient (Wildman–Crippen LogP) is 3.76. The molecule has 8 nitrogen and oxygen atoms in total. The molecule has 2 aromatic heterocycles. The van der Waals surface area contributed by atoms with Gasteiger partial charge in [0.2, 0.25) is 0 Å². The zero-order valence-corrected chi connectivity index (χ0v) is 19.7. The van der Waals surface area contributed by atoms with Gasteiger partial charge >= 0.3 is 0 Å². The first-order chi connectivity index (χ1) is 16.5. The Kier molecular flexibility index (Phi) is 7.44. The van der Waals surface area contributed by atoms with Crippen LogP contribution < -0.4 is 5.56 Å². The molecule has 0 aliphatic carbocycles. The Morgan fingerprint density at radius 3 is 2.68 bits per heavy atom. The highest BCUT2D eigenvalue weighted by Gasteiger charge is 2.26. The maximum Gasteiger partial charge on any atom is 0.252 e. The number of rotatable bonds is 10. The maximum absolute atomic E-state index is 13.5. The lowest BCUT2D eigenvalue weighted by Crippen LogP contribution is -2.32. The van der Waals surface area contributed by atoms with Crippen molar-refractivity contribution in [1.82, 2.24) is 30.1 Å². The minimum absolute atomic E-state index is 0.129. The molecule has 2 heterocycles. The molecule has 1 N–H and O–H groups in total. The second-order valence-electron chi connectivity index (χ2n) is 8.42. The number of tetrazole rings is 1. The second-order valence-corrected chi connectivity index (χ2v) is 8.42. The van der Waals surface area contributed by atoms with Crippen LogP contribution in [0.1, 0.15) is 41.9 Å². The van der Waals surface area contributed by atoms with Crippen LogP contribution in [-0.4, -0.2) is 43.8 Å². The lowest BCUT2D eigenvalue weighted by molar-refractivity contribution is 0.151. The number of nitrogens with zero attached hydrogens (tertiary/aromatic N) is 5. The highest BCUT2D eigenvalue weighted by Crippen LogP contribution is 2.26. The van der Waals surface area contributed by atoms with Crippen molar-refractivity contribution in [3.63, 3.8) is 0 Å². The first-order valence-electron chi connectivity index (χ1n) is 11.3. The lowest BCUT2D eigenvalue weighted by Gasteiger charge is -2.30. The van der Waals surface area contributed by atoms with Crippen LogP contribution in [-0.2, 0) is 24.4 Å². The average molecular weight is 465 g/mol. The molecule has 178 valence electrons. The molecule has 0 aliphatic rings. The van der Waals surface area contributed by atoms with E-state index >= 15 is 0 Å². The minimum Gasteiger partial charge on any atom is -0.383 e. The van der Waals surface area contributed by atoms with E-state index in [-0.39, 0.29) is 17.4 Å². The molecule has 9 heteroatoms. The highest BCUT2D eigenvalue weighted by atomic mass is 19.1. The maximum atomic E-state index is 13.5. The zero-order valence-electron chi connectivity index (χ0n) is 19.7. The van der Waals surface area contributed by atoms with Crippen LogP contribution in [0.2, 0.25) is 0 Å². The first-order valence-corrected chi connectivity index (χ1v) is 11.3. The molecule has 0 aliphatic heterocycles. The summed E-state index contributed by atoms with van der Waals surface area (Å²) < 4.78 is 20.5. The lowest BCUT2D eigenvalue weighted by atomic mass is 10.1. The van der Waals surface area contributed by atoms with Crippen molar-refractivity contribution in [3.05, 3.63) is 87.2 Å². The SMILES string of the molecule is CC[C@H](c1nnnn1CCOC)N(Cc1ccc(F)cc1)Cc1cc2ccc(C)cc2[nH]c1=O. The number of hydrogen-bond donors (Lipinski definition) is 1. The van der Waals surface area contributed by atoms with Gasteiger partial charge in [-0.15, -0.1) is 5.10 Å². The van der Waals surface area contributed by atoms with Crippen LogP contribution in [0.5, 0.6) is 0 Å². The molecule has 0 fully saturated rings. The minimum atomic E-state index is -0.285. The molecule has 0 spiro atoms. The van der Waals surface area contributed by atoms with Gasteiger partial charge in [0, 0.05) is 31.3 Å². The third-order valence-electron chi connectivity index (χ3n) is 5.94. The smallest absolute Gasteiger partial charge is 0.252 e. The van der Waals surface area contributed by atoms with Crippen LogP contribution in [0.25, 0.3) is 10.9 Å². The molecule has 0 unspecified atom stereocenters. The number of fused-ring (bicyclic) bond motifs is 1. The molecule has 4 rings (SSSR count). The van der Waals surface area contributed by atoms with Gasteiger partial charge in [-0.05, 0) is 64.5 Å². The quantitative estimate of drug-likeness (QED) is 0.384. The predicted molar refractivity (Wildman–Crippen MR) is 128 cm³/mol. The van der Waals surface area contributed by atoms with E-state index in [4.69, 9.17) is 4.74 Å². The van der Waals surface area contributed by atoms with Gasteiger partial charge in [0.25, 0.3) is 5.56 Å². The molecule has 1 atom stereocenters. The fourth-order valence-electron chi connectivity index (χ4n) is 4.19. The number of methoxy groups -OCH3 is 1. The van der Waals surface area contributed by atoms with E-state index in [1.807, 2.05) is 31.2 Å². The van der Waals surface area contributed by atoms with E-state index in [0.29, 0.717) is 37.6 Å². The first kappa shape index (κ1) is 23.7. The van der Waals surface area contributed by atoms with Gasteiger partial charge in [-0.25, -0.2) is 9.07 Å². The van der Waals surface area contributed by atoms with E-state index in [1.165, 1.54) is 12.1 Å². The Morgan fingerprint density at radius 1 is 1.15 bits per heavy atom. The van der Waals surface area contributed by atoms with Crippen molar-refractivity contribution in [1.29, 1.82) is 0 Å². The summed E-state index contributed by atoms with van der Waals surface area (Å²) in [6.07, 6.45) is 0.721. The third-order valence-corrected chi connectivity index (χ3v) is 5.94. The molecule has 2 aromatic carbocycles. The standard InChI is InChI=1S/C25H29FN6O2/c1-4-23(24-28-29-30-32(24)11-12-34-3)31(15-18-6-9-21(26)10-7-18)16-20-14-19-8-5-17(2)13-22(19)27-25(20)33/h5-10,13-14,23H,4,11-12,15-16H2,1-3H3,(H,27,33)/t23-/m1/s1. The topological polar surface area (TPSA) is 88.9 Å². The summed E-state index contributed by atoms with van der Waals surface area (Å²) in [5.41, 5.74) is 3.35.